The van der Waals surface area contributed by atoms with Crippen molar-refractivity contribution in [2.75, 3.05) is 6.54 Å². The first-order valence-electron chi connectivity index (χ1n) is 9.34. The van der Waals surface area contributed by atoms with Crippen LogP contribution in [0, 0.1) is 0 Å². The van der Waals surface area contributed by atoms with E-state index >= 15 is 0 Å². The molecule has 1 saturated heterocycles. The fourth-order valence-corrected chi connectivity index (χ4v) is 4.05. The summed E-state index contributed by atoms with van der Waals surface area (Å²) >= 11 is 1.30. The Morgan fingerprint density at radius 3 is 2.67 bits per heavy atom. The van der Waals surface area contributed by atoms with E-state index in [-0.39, 0.29) is 11.5 Å². The number of carbonyl (C=O) groups is 2. The van der Waals surface area contributed by atoms with E-state index in [0.717, 1.165) is 5.69 Å². The Labute approximate surface area is 177 Å². The van der Waals surface area contributed by atoms with Gasteiger partial charge in [0.2, 0.25) is 0 Å². The van der Waals surface area contributed by atoms with Gasteiger partial charge in [0.25, 0.3) is 5.91 Å². The minimum absolute atomic E-state index is 0.122. The predicted octanol–water partition coefficient (Wildman–Crippen LogP) is 5.27. The lowest BCUT2D eigenvalue weighted by atomic mass is 10.1. The summed E-state index contributed by atoms with van der Waals surface area (Å²) in [5.41, 5.74) is 1.63. The van der Waals surface area contributed by atoms with Gasteiger partial charge in [0.15, 0.2) is 5.17 Å². The number of amidine groups is 1. The Kier molecular flexibility index (Phi) is 5.54. The molecule has 7 heteroatoms. The van der Waals surface area contributed by atoms with Gasteiger partial charge >= 0.3 is 5.97 Å². The first kappa shape index (κ1) is 19.7. The third-order valence-electron chi connectivity index (χ3n) is 4.48. The number of rotatable bonds is 5. The van der Waals surface area contributed by atoms with Crippen LogP contribution in [0.1, 0.15) is 23.0 Å². The molecule has 4 rings (SSSR count). The number of furan rings is 1. The molecule has 1 aliphatic heterocycles. The smallest absolute Gasteiger partial charge is 0.335 e. The number of carbonyl (C=O) groups excluding carboxylic acids is 1. The van der Waals surface area contributed by atoms with Gasteiger partial charge < -0.3 is 9.52 Å². The molecule has 1 aliphatic rings. The molecule has 30 heavy (non-hydrogen) atoms. The van der Waals surface area contributed by atoms with Gasteiger partial charge in [-0.25, -0.2) is 9.79 Å². The quantitative estimate of drug-likeness (QED) is 0.571. The number of amides is 1. The van der Waals surface area contributed by atoms with E-state index in [0.29, 0.717) is 33.7 Å². The highest BCUT2D eigenvalue weighted by atomic mass is 32.2. The summed E-state index contributed by atoms with van der Waals surface area (Å²) in [5, 5.41) is 9.79. The highest BCUT2D eigenvalue weighted by Crippen LogP contribution is 2.34. The molecule has 0 atom stereocenters. The van der Waals surface area contributed by atoms with Crippen LogP contribution in [0.3, 0.4) is 0 Å². The number of hydrogen-bond donors (Lipinski definition) is 1. The van der Waals surface area contributed by atoms with Crippen molar-refractivity contribution in [3.05, 3.63) is 83.0 Å². The second-order valence-electron chi connectivity index (χ2n) is 6.48. The maximum atomic E-state index is 12.8. The van der Waals surface area contributed by atoms with Crippen molar-refractivity contribution < 1.29 is 19.1 Å². The molecular formula is C23H18N2O4S. The highest BCUT2D eigenvalue weighted by molar-refractivity contribution is 8.18. The van der Waals surface area contributed by atoms with Gasteiger partial charge in [0.05, 0.1) is 16.2 Å². The third kappa shape index (κ3) is 4.06. The Hall–Kier alpha value is -3.58. The standard InChI is InChI=1S/C23H18N2O4S/c1-2-25-21(26)20(30-23(25)24-17-9-4-3-5-10-17)14-18-11-12-19(29-18)15-7-6-8-16(13-15)22(27)28/h3-14H,2H2,1H3,(H,27,28)/b20-14+,24-23?. The summed E-state index contributed by atoms with van der Waals surface area (Å²) in [6.45, 7) is 2.42. The number of thioether (sulfide) groups is 1. The summed E-state index contributed by atoms with van der Waals surface area (Å²) in [5.74, 6) is -0.0730. The van der Waals surface area contributed by atoms with Gasteiger partial charge in [0, 0.05) is 18.2 Å². The van der Waals surface area contributed by atoms with Crippen LogP contribution < -0.4 is 0 Å². The van der Waals surface area contributed by atoms with Crippen molar-refractivity contribution in [3.8, 4) is 11.3 Å². The normalized spacial score (nSPS) is 16.6. The number of aromatic carboxylic acids is 1. The fourth-order valence-electron chi connectivity index (χ4n) is 3.00. The van der Waals surface area contributed by atoms with Crippen molar-refractivity contribution in [3.63, 3.8) is 0 Å². The number of carboxylic acids is 1. The Bertz CT molecular complexity index is 1160. The predicted molar refractivity (Wildman–Crippen MR) is 118 cm³/mol. The SMILES string of the molecule is CCN1C(=O)/C(=C\c2ccc(-c3cccc(C(=O)O)c3)o2)SC1=Nc1ccccc1. The maximum absolute atomic E-state index is 12.8. The molecule has 0 unspecified atom stereocenters. The zero-order chi connectivity index (χ0) is 21.1. The molecule has 150 valence electrons. The zero-order valence-electron chi connectivity index (χ0n) is 16.1. The van der Waals surface area contributed by atoms with Crippen molar-refractivity contribution in [2.24, 2.45) is 4.99 Å². The number of likely N-dealkylation sites (N-methyl/N-ethyl adjacent to an activating group) is 1. The van der Waals surface area contributed by atoms with Crippen LogP contribution >= 0.6 is 11.8 Å². The summed E-state index contributed by atoms with van der Waals surface area (Å²) in [4.78, 5) is 30.7. The van der Waals surface area contributed by atoms with Crippen LogP contribution in [-0.4, -0.2) is 33.6 Å². The van der Waals surface area contributed by atoms with Crippen molar-refractivity contribution in [1.29, 1.82) is 0 Å². The molecule has 3 aromatic rings. The van der Waals surface area contributed by atoms with Gasteiger partial charge in [-0.15, -0.1) is 0 Å². The fraction of sp³-hybridized carbons (Fsp3) is 0.0870. The van der Waals surface area contributed by atoms with Crippen LogP contribution in [0.4, 0.5) is 5.69 Å². The lowest BCUT2D eigenvalue weighted by Gasteiger charge is -2.11. The van der Waals surface area contributed by atoms with E-state index in [1.165, 1.54) is 17.8 Å². The molecular weight excluding hydrogens is 400 g/mol. The second kappa shape index (κ2) is 8.42. The maximum Gasteiger partial charge on any atom is 0.335 e. The lowest BCUT2D eigenvalue weighted by molar-refractivity contribution is -0.122. The van der Waals surface area contributed by atoms with Gasteiger partial charge in [-0.1, -0.05) is 30.3 Å². The lowest BCUT2D eigenvalue weighted by Crippen LogP contribution is -2.28. The first-order chi connectivity index (χ1) is 14.5. The second-order valence-corrected chi connectivity index (χ2v) is 7.49. The monoisotopic (exact) mass is 418 g/mol. The van der Waals surface area contributed by atoms with E-state index in [2.05, 4.69) is 4.99 Å². The minimum atomic E-state index is -0.997. The van der Waals surface area contributed by atoms with E-state index in [1.807, 2.05) is 37.3 Å². The van der Waals surface area contributed by atoms with E-state index in [1.54, 1.807) is 41.3 Å². The summed E-state index contributed by atoms with van der Waals surface area (Å²) in [6, 6.07) is 19.5. The average Bonchev–Trinajstić information content (AvgIpc) is 3.34. The Morgan fingerprint density at radius 1 is 1.13 bits per heavy atom. The van der Waals surface area contributed by atoms with Crippen molar-refractivity contribution in [2.45, 2.75) is 6.92 Å². The van der Waals surface area contributed by atoms with Gasteiger partial charge in [-0.05, 0) is 55.1 Å². The molecule has 1 aromatic heterocycles. The molecule has 1 fully saturated rings. The highest BCUT2D eigenvalue weighted by Gasteiger charge is 2.32. The Balaban J connectivity index is 1.61. The largest absolute Gasteiger partial charge is 0.478 e. The van der Waals surface area contributed by atoms with Gasteiger partial charge in [-0.3, -0.25) is 9.69 Å². The minimum Gasteiger partial charge on any atom is -0.478 e. The molecule has 0 spiro atoms. The molecule has 0 aliphatic carbocycles. The van der Waals surface area contributed by atoms with E-state index in [9.17, 15) is 9.59 Å². The number of nitrogens with zero attached hydrogens (tertiary/aromatic N) is 2. The van der Waals surface area contributed by atoms with Crippen LogP contribution in [0.2, 0.25) is 0 Å². The average molecular weight is 418 g/mol. The summed E-state index contributed by atoms with van der Waals surface area (Å²) in [7, 11) is 0. The molecule has 0 bridgehead atoms. The third-order valence-corrected chi connectivity index (χ3v) is 5.49. The topological polar surface area (TPSA) is 83.1 Å². The van der Waals surface area contributed by atoms with Gasteiger partial charge in [0.1, 0.15) is 11.5 Å². The Morgan fingerprint density at radius 2 is 1.93 bits per heavy atom. The molecule has 2 heterocycles. The molecule has 6 nitrogen and oxygen atoms in total. The number of benzene rings is 2. The van der Waals surface area contributed by atoms with Crippen molar-refractivity contribution in [1.82, 2.24) is 4.90 Å². The van der Waals surface area contributed by atoms with Crippen LogP contribution in [0.15, 0.2) is 81.0 Å². The molecule has 1 amide bonds. The summed E-state index contributed by atoms with van der Waals surface area (Å²) < 4.78 is 5.84. The molecule has 2 aromatic carbocycles. The van der Waals surface area contributed by atoms with E-state index in [4.69, 9.17) is 9.52 Å². The number of carboxylic acid groups (broad SMARTS) is 1. The van der Waals surface area contributed by atoms with E-state index < -0.39 is 5.97 Å². The molecule has 0 radical (unpaired) electrons. The summed E-state index contributed by atoms with van der Waals surface area (Å²) in [6.07, 6.45) is 1.69. The molecule has 1 N–H and O–H groups in total. The number of hydrogen-bond acceptors (Lipinski definition) is 5. The first-order valence-corrected chi connectivity index (χ1v) is 10.2. The number of para-hydroxylation sites is 1. The van der Waals surface area contributed by atoms with Gasteiger partial charge in [-0.2, -0.15) is 0 Å². The zero-order valence-corrected chi connectivity index (χ0v) is 16.9. The van der Waals surface area contributed by atoms with Crippen molar-refractivity contribution >= 4 is 40.6 Å². The van der Waals surface area contributed by atoms with Crippen LogP contribution in [0.5, 0.6) is 0 Å². The van der Waals surface area contributed by atoms with Crippen LogP contribution in [-0.2, 0) is 4.79 Å². The number of aliphatic imine (C=N–C) groups is 1. The molecule has 0 saturated carbocycles. The van der Waals surface area contributed by atoms with Crippen LogP contribution in [0.25, 0.3) is 17.4 Å².